The third-order valence-corrected chi connectivity index (χ3v) is 3.40. The van der Waals surface area contributed by atoms with Crippen molar-refractivity contribution >= 4 is 11.6 Å². The number of rotatable bonds is 2. The second kappa shape index (κ2) is 4.45. The number of carbonyl (C=O) groups excluding carboxylic acids is 1. The number of amides is 1. The number of hydrogen-bond acceptors (Lipinski definition) is 2. The molecule has 4 heteroatoms. The van der Waals surface area contributed by atoms with Gasteiger partial charge in [0.2, 0.25) is 5.91 Å². The molecule has 1 fully saturated rings. The normalized spacial score (nSPS) is 23.7. The molecule has 3 nitrogen and oxygen atoms in total. The second-order valence-corrected chi connectivity index (χ2v) is 4.83. The molecule has 1 heterocycles. The summed E-state index contributed by atoms with van der Waals surface area (Å²) >= 11 is 0. The highest BCUT2D eigenvalue weighted by molar-refractivity contribution is 5.97. The molecule has 1 aliphatic rings. The average Bonchev–Trinajstić information content (AvgIpc) is 2.76. The number of carbonyl (C=O) groups is 1. The highest BCUT2D eigenvalue weighted by Crippen LogP contribution is 2.28. The Balaban J connectivity index is 2.17. The molecular weight excluding hydrogens is 219 g/mol. The van der Waals surface area contributed by atoms with Gasteiger partial charge in [-0.15, -0.1) is 0 Å². The number of nitrogens with zero attached hydrogens (tertiary/aromatic N) is 1. The van der Waals surface area contributed by atoms with Gasteiger partial charge in [-0.1, -0.05) is 0 Å². The fourth-order valence-electron chi connectivity index (χ4n) is 2.19. The van der Waals surface area contributed by atoms with E-state index in [1.54, 1.807) is 24.1 Å². The van der Waals surface area contributed by atoms with Gasteiger partial charge in [0, 0.05) is 19.3 Å². The predicted octanol–water partition coefficient (Wildman–Crippen LogP) is 1.79. The van der Waals surface area contributed by atoms with Crippen LogP contribution in [0.5, 0.6) is 0 Å². The smallest absolute Gasteiger partial charge is 0.233 e. The minimum atomic E-state index is -0.344. The molecule has 0 aliphatic carbocycles. The zero-order valence-electron chi connectivity index (χ0n) is 10.2. The lowest BCUT2D eigenvalue weighted by Gasteiger charge is -2.28. The predicted molar refractivity (Wildman–Crippen MR) is 65.4 cm³/mol. The van der Waals surface area contributed by atoms with E-state index in [4.69, 9.17) is 0 Å². The number of halogens is 1. The Morgan fingerprint density at radius 3 is 2.59 bits per heavy atom. The van der Waals surface area contributed by atoms with Gasteiger partial charge in [-0.25, -0.2) is 4.39 Å². The number of anilines is 1. The van der Waals surface area contributed by atoms with Crippen LogP contribution in [0.3, 0.4) is 0 Å². The maximum Gasteiger partial charge on any atom is 0.233 e. The Morgan fingerprint density at radius 2 is 2.06 bits per heavy atom. The van der Waals surface area contributed by atoms with Gasteiger partial charge in [0.15, 0.2) is 0 Å². The van der Waals surface area contributed by atoms with Gasteiger partial charge >= 0.3 is 0 Å². The van der Waals surface area contributed by atoms with E-state index >= 15 is 0 Å². The molecular formula is C13H17FN2O. The van der Waals surface area contributed by atoms with Crippen molar-refractivity contribution < 1.29 is 9.18 Å². The summed E-state index contributed by atoms with van der Waals surface area (Å²) in [4.78, 5) is 13.9. The Hall–Kier alpha value is -1.42. The van der Waals surface area contributed by atoms with Gasteiger partial charge in [-0.3, -0.25) is 4.79 Å². The second-order valence-electron chi connectivity index (χ2n) is 4.83. The van der Waals surface area contributed by atoms with Gasteiger partial charge in [0.25, 0.3) is 0 Å². The van der Waals surface area contributed by atoms with Crippen molar-refractivity contribution in [3.05, 3.63) is 30.1 Å². The molecule has 1 aliphatic heterocycles. The molecule has 1 amide bonds. The van der Waals surface area contributed by atoms with E-state index in [9.17, 15) is 9.18 Å². The standard InChI is InChI=1S/C13H17FN2O/c1-13(7-8-15-9-13)12(17)16(2)11-5-3-10(14)4-6-11/h3-6,15H,7-9H2,1-2H3. The Labute approximate surface area is 101 Å². The first-order chi connectivity index (χ1) is 8.03. The van der Waals surface area contributed by atoms with Crippen LogP contribution in [-0.2, 0) is 4.79 Å². The summed E-state index contributed by atoms with van der Waals surface area (Å²) in [7, 11) is 1.74. The molecule has 1 unspecified atom stereocenters. The molecule has 1 aromatic rings. The van der Waals surface area contributed by atoms with E-state index in [0.717, 1.165) is 18.7 Å². The Morgan fingerprint density at radius 1 is 1.41 bits per heavy atom. The third-order valence-electron chi connectivity index (χ3n) is 3.40. The van der Waals surface area contributed by atoms with Crippen LogP contribution >= 0.6 is 0 Å². The zero-order valence-corrected chi connectivity index (χ0v) is 10.2. The fraction of sp³-hybridized carbons (Fsp3) is 0.462. The highest BCUT2D eigenvalue weighted by atomic mass is 19.1. The summed E-state index contributed by atoms with van der Waals surface area (Å²) in [6.07, 6.45) is 0.845. The molecule has 17 heavy (non-hydrogen) atoms. The minimum Gasteiger partial charge on any atom is -0.316 e. The molecule has 0 spiro atoms. The highest BCUT2D eigenvalue weighted by Gasteiger charge is 2.38. The van der Waals surface area contributed by atoms with Crippen molar-refractivity contribution in [3.63, 3.8) is 0 Å². The Kier molecular flexibility index (Phi) is 3.15. The largest absolute Gasteiger partial charge is 0.316 e. The molecule has 0 saturated carbocycles. The lowest BCUT2D eigenvalue weighted by molar-refractivity contribution is -0.126. The zero-order chi connectivity index (χ0) is 12.5. The maximum atomic E-state index is 12.8. The minimum absolute atomic E-state index is 0.0779. The molecule has 92 valence electrons. The van der Waals surface area contributed by atoms with Crippen molar-refractivity contribution in [1.29, 1.82) is 0 Å². The summed E-state index contributed by atoms with van der Waals surface area (Å²) in [6, 6.07) is 5.99. The van der Waals surface area contributed by atoms with E-state index in [0.29, 0.717) is 6.54 Å². The molecule has 2 rings (SSSR count). The van der Waals surface area contributed by atoms with Crippen LogP contribution in [0.15, 0.2) is 24.3 Å². The maximum absolute atomic E-state index is 12.8. The molecule has 0 radical (unpaired) electrons. The number of nitrogens with one attached hydrogen (secondary N) is 1. The SMILES string of the molecule is CN(C(=O)C1(C)CCNC1)c1ccc(F)cc1. The van der Waals surface area contributed by atoms with Crippen LogP contribution in [0.2, 0.25) is 0 Å². The molecule has 0 aromatic heterocycles. The third kappa shape index (κ3) is 2.31. The van der Waals surface area contributed by atoms with Crippen LogP contribution in [0.1, 0.15) is 13.3 Å². The number of hydrogen-bond donors (Lipinski definition) is 1. The van der Waals surface area contributed by atoms with E-state index in [2.05, 4.69) is 5.32 Å². The van der Waals surface area contributed by atoms with Gasteiger partial charge in [-0.05, 0) is 44.2 Å². The van der Waals surface area contributed by atoms with Crippen LogP contribution in [0.4, 0.5) is 10.1 Å². The lowest BCUT2D eigenvalue weighted by Crippen LogP contribution is -2.41. The van der Waals surface area contributed by atoms with E-state index in [1.165, 1.54) is 12.1 Å². The molecule has 0 bridgehead atoms. The summed E-state index contributed by atoms with van der Waals surface area (Å²) in [5, 5.41) is 3.20. The van der Waals surface area contributed by atoms with Gasteiger partial charge in [0.05, 0.1) is 5.41 Å². The first-order valence-electron chi connectivity index (χ1n) is 5.77. The molecule has 1 atom stereocenters. The monoisotopic (exact) mass is 236 g/mol. The van der Waals surface area contributed by atoms with Crippen LogP contribution in [0, 0.1) is 11.2 Å². The summed E-state index contributed by atoms with van der Waals surface area (Å²) in [5.74, 6) is -0.211. The molecule has 1 saturated heterocycles. The van der Waals surface area contributed by atoms with Crippen molar-refractivity contribution in [3.8, 4) is 0 Å². The number of benzene rings is 1. The summed E-state index contributed by atoms with van der Waals surface area (Å²) < 4.78 is 12.8. The first kappa shape index (κ1) is 12.0. The quantitative estimate of drug-likeness (QED) is 0.849. The Bertz CT molecular complexity index is 410. The molecule has 1 N–H and O–H groups in total. The summed E-state index contributed by atoms with van der Waals surface area (Å²) in [5.41, 5.74) is 0.382. The lowest BCUT2D eigenvalue weighted by atomic mass is 9.88. The van der Waals surface area contributed by atoms with E-state index in [-0.39, 0.29) is 17.1 Å². The fourth-order valence-corrected chi connectivity index (χ4v) is 2.19. The van der Waals surface area contributed by atoms with Gasteiger partial charge in [-0.2, -0.15) is 0 Å². The molecule has 1 aromatic carbocycles. The van der Waals surface area contributed by atoms with Crippen molar-refractivity contribution in [2.75, 3.05) is 25.0 Å². The van der Waals surface area contributed by atoms with E-state index < -0.39 is 0 Å². The van der Waals surface area contributed by atoms with Crippen LogP contribution in [-0.4, -0.2) is 26.0 Å². The van der Waals surface area contributed by atoms with Gasteiger partial charge < -0.3 is 10.2 Å². The van der Waals surface area contributed by atoms with Crippen LogP contribution < -0.4 is 10.2 Å². The average molecular weight is 236 g/mol. The van der Waals surface area contributed by atoms with Gasteiger partial charge in [0.1, 0.15) is 5.82 Å². The van der Waals surface area contributed by atoms with Crippen LogP contribution in [0.25, 0.3) is 0 Å². The summed E-state index contributed by atoms with van der Waals surface area (Å²) in [6.45, 7) is 3.55. The van der Waals surface area contributed by atoms with Crippen molar-refractivity contribution in [1.82, 2.24) is 5.32 Å². The first-order valence-corrected chi connectivity index (χ1v) is 5.77. The topological polar surface area (TPSA) is 32.3 Å². The van der Waals surface area contributed by atoms with Crippen molar-refractivity contribution in [2.45, 2.75) is 13.3 Å². The van der Waals surface area contributed by atoms with Crippen molar-refractivity contribution in [2.24, 2.45) is 5.41 Å². The van der Waals surface area contributed by atoms with E-state index in [1.807, 2.05) is 6.92 Å².